The lowest BCUT2D eigenvalue weighted by atomic mass is 9.99. The molecule has 0 saturated carbocycles. The van der Waals surface area contributed by atoms with E-state index < -0.39 is 10.0 Å². The van der Waals surface area contributed by atoms with Crippen molar-refractivity contribution in [2.75, 3.05) is 11.1 Å². The molecule has 0 fully saturated rings. The van der Waals surface area contributed by atoms with E-state index >= 15 is 0 Å². The quantitative estimate of drug-likeness (QED) is 0.849. The van der Waals surface area contributed by atoms with Crippen LogP contribution in [0.1, 0.15) is 18.9 Å². The maximum atomic E-state index is 13.2. The van der Waals surface area contributed by atoms with Gasteiger partial charge in [-0.1, -0.05) is 18.2 Å². The Labute approximate surface area is 135 Å². The molecular formula is C17H17NO4S. The Balaban J connectivity index is 1.82. The maximum Gasteiger partial charge on any atom is 0.264 e. The van der Waals surface area contributed by atoms with Crippen LogP contribution in [-0.2, 0) is 16.4 Å². The molecule has 5 nitrogen and oxygen atoms in total. The smallest absolute Gasteiger partial charge is 0.264 e. The monoisotopic (exact) mass is 331 g/mol. The number of benzene rings is 2. The fourth-order valence-corrected chi connectivity index (χ4v) is 4.91. The van der Waals surface area contributed by atoms with Gasteiger partial charge in [-0.05, 0) is 43.5 Å². The number of anilines is 1. The summed E-state index contributed by atoms with van der Waals surface area (Å²) in [5.74, 6) is 1.06. The Hall–Kier alpha value is -2.21. The van der Waals surface area contributed by atoms with Crippen LogP contribution in [0.15, 0.2) is 47.4 Å². The predicted molar refractivity (Wildman–Crippen MR) is 86.5 cm³/mol. The summed E-state index contributed by atoms with van der Waals surface area (Å²) in [6.45, 7) is 2.07. The number of para-hydroxylation sites is 1. The van der Waals surface area contributed by atoms with E-state index in [0.29, 0.717) is 11.5 Å². The lowest BCUT2D eigenvalue weighted by Gasteiger charge is -2.36. The summed E-state index contributed by atoms with van der Waals surface area (Å²) in [4.78, 5) is 0.227. The lowest BCUT2D eigenvalue weighted by molar-refractivity contribution is 0.174. The Bertz CT molecular complexity index is 863. The van der Waals surface area contributed by atoms with Crippen LogP contribution in [0.25, 0.3) is 0 Å². The Morgan fingerprint density at radius 3 is 2.74 bits per heavy atom. The molecule has 2 aliphatic heterocycles. The van der Waals surface area contributed by atoms with Crippen LogP contribution < -0.4 is 13.8 Å². The number of ether oxygens (including phenoxy) is 2. The van der Waals surface area contributed by atoms with Crippen molar-refractivity contribution in [2.45, 2.75) is 30.7 Å². The normalized spacial score (nSPS) is 19.5. The van der Waals surface area contributed by atoms with Crippen LogP contribution in [0.5, 0.6) is 11.5 Å². The largest absolute Gasteiger partial charge is 0.454 e. The predicted octanol–water partition coefficient (Wildman–Crippen LogP) is 2.95. The van der Waals surface area contributed by atoms with Gasteiger partial charge in [0.1, 0.15) is 0 Å². The minimum atomic E-state index is -3.65. The van der Waals surface area contributed by atoms with Gasteiger partial charge in [-0.3, -0.25) is 4.31 Å². The van der Waals surface area contributed by atoms with Crippen LogP contribution in [-0.4, -0.2) is 21.3 Å². The maximum absolute atomic E-state index is 13.2. The van der Waals surface area contributed by atoms with Crippen molar-refractivity contribution in [1.82, 2.24) is 0 Å². The molecule has 23 heavy (non-hydrogen) atoms. The van der Waals surface area contributed by atoms with Crippen molar-refractivity contribution in [3.8, 4) is 11.5 Å². The van der Waals surface area contributed by atoms with Crippen LogP contribution in [0.3, 0.4) is 0 Å². The third-order valence-electron chi connectivity index (χ3n) is 4.36. The summed E-state index contributed by atoms with van der Waals surface area (Å²) < 4.78 is 38.5. The van der Waals surface area contributed by atoms with E-state index in [9.17, 15) is 8.42 Å². The van der Waals surface area contributed by atoms with Gasteiger partial charge in [-0.25, -0.2) is 8.42 Å². The molecule has 6 heteroatoms. The van der Waals surface area contributed by atoms with E-state index in [4.69, 9.17) is 9.47 Å². The zero-order valence-corrected chi connectivity index (χ0v) is 13.5. The minimum absolute atomic E-state index is 0.0830. The van der Waals surface area contributed by atoms with Gasteiger partial charge in [-0.15, -0.1) is 0 Å². The molecule has 4 rings (SSSR count). The third-order valence-corrected chi connectivity index (χ3v) is 6.29. The van der Waals surface area contributed by atoms with E-state index in [1.54, 1.807) is 18.2 Å². The number of nitrogens with zero attached hydrogens (tertiary/aromatic N) is 1. The van der Waals surface area contributed by atoms with Crippen molar-refractivity contribution in [2.24, 2.45) is 0 Å². The second kappa shape index (κ2) is 5.16. The highest BCUT2D eigenvalue weighted by Gasteiger charge is 2.34. The highest BCUT2D eigenvalue weighted by atomic mass is 32.2. The Morgan fingerprint density at radius 1 is 1.09 bits per heavy atom. The van der Waals surface area contributed by atoms with Crippen molar-refractivity contribution >= 4 is 15.7 Å². The molecule has 0 aliphatic carbocycles. The van der Waals surface area contributed by atoms with Crippen molar-refractivity contribution in [3.05, 3.63) is 48.0 Å². The van der Waals surface area contributed by atoms with Crippen LogP contribution in [0, 0.1) is 0 Å². The fraction of sp³-hybridized carbons (Fsp3) is 0.294. The molecule has 1 unspecified atom stereocenters. The number of rotatable bonds is 2. The van der Waals surface area contributed by atoms with Crippen molar-refractivity contribution in [1.29, 1.82) is 0 Å². The Morgan fingerprint density at radius 2 is 1.87 bits per heavy atom. The number of aryl methyl sites for hydroxylation is 1. The van der Waals surface area contributed by atoms with Crippen molar-refractivity contribution in [3.63, 3.8) is 0 Å². The molecule has 0 bridgehead atoms. The molecule has 0 spiro atoms. The molecule has 0 amide bonds. The topological polar surface area (TPSA) is 55.8 Å². The highest BCUT2D eigenvalue weighted by Crippen LogP contribution is 2.38. The van der Waals surface area contributed by atoms with E-state index in [1.165, 1.54) is 4.31 Å². The van der Waals surface area contributed by atoms with Gasteiger partial charge in [0.2, 0.25) is 6.79 Å². The summed E-state index contributed by atoms with van der Waals surface area (Å²) in [6.07, 6.45) is 1.70. The van der Waals surface area contributed by atoms with Gasteiger partial charge < -0.3 is 9.47 Å². The Kier molecular flexibility index (Phi) is 3.23. The van der Waals surface area contributed by atoms with Crippen LogP contribution in [0.4, 0.5) is 5.69 Å². The molecule has 120 valence electrons. The molecule has 2 aromatic rings. The number of fused-ring (bicyclic) bond motifs is 2. The first-order chi connectivity index (χ1) is 11.1. The first kappa shape index (κ1) is 14.4. The SMILES string of the molecule is CC1CCc2ccccc2N1S(=O)(=O)c1ccc2c(c1)OCO2. The van der Waals surface area contributed by atoms with Gasteiger partial charge in [0.25, 0.3) is 10.0 Å². The first-order valence-corrected chi connectivity index (χ1v) is 9.03. The average Bonchev–Trinajstić information content (AvgIpc) is 3.02. The molecule has 0 aromatic heterocycles. The van der Waals surface area contributed by atoms with E-state index in [1.807, 2.05) is 31.2 Å². The summed E-state index contributed by atoms with van der Waals surface area (Å²) in [5, 5.41) is 0. The second-order valence-corrected chi connectivity index (χ2v) is 7.65. The van der Waals surface area contributed by atoms with E-state index in [2.05, 4.69) is 0 Å². The molecule has 1 atom stereocenters. The van der Waals surface area contributed by atoms with Gasteiger partial charge in [-0.2, -0.15) is 0 Å². The minimum Gasteiger partial charge on any atom is -0.454 e. The fourth-order valence-electron chi connectivity index (χ4n) is 3.17. The van der Waals surface area contributed by atoms with E-state index in [0.717, 1.165) is 24.1 Å². The van der Waals surface area contributed by atoms with E-state index in [-0.39, 0.29) is 17.7 Å². The highest BCUT2D eigenvalue weighted by molar-refractivity contribution is 7.92. The summed E-state index contributed by atoms with van der Waals surface area (Å²) in [5.41, 5.74) is 1.83. The first-order valence-electron chi connectivity index (χ1n) is 7.59. The molecule has 0 N–H and O–H groups in total. The van der Waals surface area contributed by atoms with Crippen molar-refractivity contribution < 1.29 is 17.9 Å². The molecule has 2 aliphatic rings. The van der Waals surface area contributed by atoms with Gasteiger partial charge in [0, 0.05) is 12.1 Å². The number of sulfonamides is 1. The van der Waals surface area contributed by atoms with Gasteiger partial charge in [0.05, 0.1) is 10.6 Å². The van der Waals surface area contributed by atoms with Crippen LogP contribution >= 0.6 is 0 Å². The summed E-state index contributed by atoms with van der Waals surface area (Å²) in [6, 6.07) is 12.4. The zero-order valence-electron chi connectivity index (χ0n) is 12.7. The number of hydrogen-bond donors (Lipinski definition) is 0. The average molecular weight is 331 g/mol. The second-order valence-electron chi connectivity index (χ2n) is 5.83. The zero-order chi connectivity index (χ0) is 16.0. The molecule has 2 aromatic carbocycles. The molecular weight excluding hydrogens is 314 g/mol. The molecule has 0 saturated heterocycles. The standard InChI is InChI=1S/C17H17NO4S/c1-12-6-7-13-4-2-3-5-15(13)18(12)23(19,20)14-8-9-16-17(10-14)22-11-21-16/h2-5,8-10,12H,6-7,11H2,1H3. The summed E-state index contributed by atoms with van der Waals surface area (Å²) in [7, 11) is -3.65. The molecule has 2 heterocycles. The molecule has 0 radical (unpaired) electrons. The van der Waals surface area contributed by atoms with Crippen LogP contribution in [0.2, 0.25) is 0 Å². The van der Waals surface area contributed by atoms with Gasteiger partial charge in [0.15, 0.2) is 11.5 Å². The lowest BCUT2D eigenvalue weighted by Crippen LogP contribution is -2.42. The van der Waals surface area contributed by atoms with Gasteiger partial charge >= 0.3 is 0 Å². The number of hydrogen-bond acceptors (Lipinski definition) is 4. The summed E-state index contributed by atoms with van der Waals surface area (Å²) >= 11 is 0. The third kappa shape index (κ3) is 2.25.